The third-order valence-corrected chi connectivity index (χ3v) is 2.88. The summed E-state index contributed by atoms with van der Waals surface area (Å²) in [7, 11) is 0. The molecule has 1 aromatic heterocycles. The summed E-state index contributed by atoms with van der Waals surface area (Å²) in [5, 5.41) is 1.01. The average Bonchev–Trinajstić information content (AvgIpc) is 2.68. The minimum Gasteiger partial charge on any atom is -0.449 e. The molecule has 0 atom stereocenters. The fourth-order valence-corrected chi connectivity index (χ4v) is 1.96. The van der Waals surface area contributed by atoms with Crippen LogP contribution in [0.25, 0.3) is 10.9 Å². The molecule has 3 nitrogen and oxygen atoms in total. The van der Waals surface area contributed by atoms with Gasteiger partial charge in [-0.25, -0.2) is 4.79 Å². The summed E-state index contributed by atoms with van der Waals surface area (Å²) in [6.07, 6.45) is 1.41. The van der Waals surface area contributed by atoms with E-state index in [9.17, 15) is 4.79 Å². The van der Waals surface area contributed by atoms with Crippen LogP contribution in [0.5, 0.6) is 0 Å². The first kappa shape index (κ1) is 12.2. The first-order valence-electron chi connectivity index (χ1n) is 5.51. The minimum atomic E-state index is -0.323. The fourth-order valence-electron chi connectivity index (χ4n) is 1.58. The third-order valence-electron chi connectivity index (χ3n) is 2.39. The zero-order chi connectivity index (χ0) is 12.4. The molecule has 4 heteroatoms. The van der Waals surface area contributed by atoms with Gasteiger partial charge in [-0.15, -0.1) is 0 Å². The number of ether oxygens (including phenoxy) is 1. The fraction of sp³-hybridized carbons (Fsp3) is 0.308. The third kappa shape index (κ3) is 2.69. The lowest BCUT2D eigenvalue weighted by Gasteiger charge is -2.08. The Labute approximate surface area is 108 Å². The second-order valence-corrected chi connectivity index (χ2v) is 5.28. The highest BCUT2D eigenvalue weighted by Gasteiger charge is 2.10. The largest absolute Gasteiger partial charge is 0.449 e. The van der Waals surface area contributed by atoms with Crippen molar-refractivity contribution in [2.24, 2.45) is 5.92 Å². The Morgan fingerprint density at radius 3 is 2.88 bits per heavy atom. The van der Waals surface area contributed by atoms with E-state index in [1.165, 1.54) is 4.57 Å². The normalized spacial score (nSPS) is 11.1. The zero-order valence-corrected chi connectivity index (χ0v) is 11.4. The van der Waals surface area contributed by atoms with E-state index in [4.69, 9.17) is 4.74 Å². The number of aromatic nitrogens is 1. The van der Waals surface area contributed by atoms with Gasteiger partial charge >= 0.3 is 6.09 Å². The number of nitrogens with zero attached hydrogens (tertiary/aromatic N) is 1. The van der Waals surface area contributed by atoms with Crippen molar-refractivity contribution < 1.29 is 9.53 Å². The number of carbonyl (C=O) groups is 1. The Balaban J connectivity index is 2.27. The number of hydrogen-bond donors (Lipinski definition) is 0. The van der Waals surface area contributed by atoms with Crippen LogP contribution in [0.2, 0.25) is 0 Å². The number of rotatable bonds is 2. The summed E-state index contributed by atoms with van der Waals surface area (Å²) in [5.74, 6) is 0.343. The number of halogens is 1. The zero-order valence-electron chi connectivity index (χ0n) is 9.81. The van der Waals surface area contributed by atoms with Gasteiger partial charge in [-0.05, 0) is 30.2 Å². The average molecular weight is 296 g/mol. The standard InChI is InChI=1S/C13H14BrNO2/c1-9(2)8-17-13(16)15-6-5-10-7-11(14)3-4-12(10)15/h3-7,9H,8H2,1-2H3. The summed E-state index contributed by atoms with van der Waals surface area (Å²) in [4.78, 5) is 11.8. The molecule has 0 unspecified atom stereocenters. The van der Waals surface area contributed by atoms with E-state index in [-0.39, 0.29) is 6.09 Å². The van der Waals surface area contributed by atoms with Crippen molar-refractivity contribution in [3.05, 3.63) is 34.9 Å². The highest BCUT2D eigenvalue weighted by atomic mass is 79.9. The first-order valence-corrected chi connectivity index (χ1v) is 6.31. The first-order chi connectivity index (χ1) is 8.08. The van der Waals surface area contributed by atoms with Gasteiger partial charge < -0.3 is 4.74 Å². The monoisotopic (exact) mass is 295 g/mol. The van der Waals surface area contributed by atoms with E-state index >= 15 is 0 Å². The number of benzene rings is 1. The highest BCUT2D eigenvalue weighted by Crippen LogP contribution is 2.21. The van der Waals surface area contributed by atoms with Crippen molar-refractivity contribution in [1.29, 1.82) is 0 Å². The van der Waals surface area contributed by atoms with Crippen molar-refractivity contribution >= 4 is 32.9 Å². The minimum absolute atomic E-state index is 0.323. The lowest BCUT2D eigenvalue weighted by atomic mass is 10.2. The number of carbonyl (C=O) groups excluding carboxylic acids is 1. The van der Waals surface area contributed by atoms with Crippen molar-refractivity contribution in [2.75, 3.05) is 6.61 Å². The molecule has 0 spiro atoms. The van der Waals surface area contributed by atoms with Crippen LogP contribution in [0.4, 0.5) is 4.79 Å². The van der Waals surface area contributed by atoms with Crippen LogP contribution >= 0.6 is 15.9 Å². The van der Waals surface area contributed by atoms with Gasteiger partial charge in [-0.1, -0.05) is 29.8 Å². The maximum Gasteiger partial charge on any atom is 0.418 e. The predicted molar refractivity (Wildman–Crippen MR) is 71.2 cm³/mol. The van der Waals surface area contributed by atoms with E-state index < -0.39 is 0 Å². The summed E-state index contributed by atoms with van der Waals surface area (Å²) in [5.41, 5.74) is 0.863. The van der Waals surface area contributed by atoms with Crippen molar-refractivity contribution in [3.63, 3.8) is 0 Å². The highest BCUT2D eigenvalue weighted by molar-refractivity contribution is 9.10. The van der Waals surface area contributed by atoms with Gasteiger partial charge in [0, 0.05) is 16.1 Å². The van der Waals surface area contributed by atoms with Crippen LogP contribution in [-0.2, 0) is 4.74 Å². The summed E-state index contributed by atoms with van der Waals surface area (Å²) < 4.78 is 7.73. The maximum atomic E-state index is 11.8. The van der Waals surface area contributed by atoms with Crippen LogP contribution in [0.3, 0.4) is 0 Å². The molecule has 0 radical (unpaired) electrons. The van der Waals surface area contributed by atoms with Crippen molar-refractivity contribution in [3.8, 4) is 0 Å². The Hall–Kier alpha value is -1.29. The van der Waals surface area contributed by atoms with Crippen LogP contribution in [-0.4, -0.2) is 17.3 Å². The lowest BCUT2D eigenvalue weighted by Crippen LogP contribution is -2.15. The molecule has 2 aromatic rings. The molecule has 90 valence electrons. The van der Waals surface area contributed by atoms with Crippen molar-refractivity contribution in [1.82, 2.24) is 4.57 Å². The summed E-state index contributed by atoms with van der Waals surface area (Å²) >= 11 is 3.40. The second-order valence-electron chi connectivity index (χ2n) is 4.36. The molecule has 17 heavy (non-hydrogen) atoms. The van der Waals surface area contributed by atoms with Crippen LogP contribution < -0.4 is 0 Å². The molecule has 0 aliphatic carbocycles. The van der Waals surface area contributed by atoms with Gasteiger partial charge in [-0.2, -0.15) is 0 Å². The van der Waals surface area contributed by atoms with Crippen LogP contribution in [0.1, 0.15) is 13.8 Å². The van der Waals surface area contributed by atoms with E-state index in [2.05, 4.69) is 15.9 Å². The topological polar surface area (TPSA) is 31.2 Å². The molecular formula is C13H14BrNO2. The molecule has 0 fully saturated rings. The smallest absolute Gasteiger partial charge is 0.418 e. The molecule has 1 heterocycles. The van der Waals surface area contributed by atoms with Gasteiger partial charge in [0.05, 0.1) is 12.1 Å². The Kier molecular flexibility index (Phi) is 3.52. The van der Waals surface area contributed by atoms with Crippen LogP contribution in [0.15, 0.2) is 34.9 Å². The molecule has 0 N–H and O–H groups in total. The molecule has 0 aliphatic rings. The number of hydrogen-bond acceptors (Lipinski definition) is 2. The van der Waals surface area contributed by atoms with E-state index in [0.29, 0.717) is 12.5 Å². The molecule has 0 bridgehead atoms. The Morgan fingerprint density at radius 2 is 2.18 bits per heavy atom. The Morgan fingerprint density at radius 1 is 1.41 bits per heavy atom. The molecule has 1 aromatic carbocycles. The SMILES string of the molecule is CC(C)COC(=O)n1ccc2cc(Br)ccc21. The van der Waals surface area contributed by atoms with E-state index in [1.807, 2.05) is 38.1 Å². The molecule has 0 saturated heterocycles. The molecule has 0 saturated carbocycles. The quantitative estimate of drug-likeness (QED) is 0.837. The lowest BCUT2D eigenvalue weighted by molar-refractivity contribution is 0.135. The predicted octanol–water partition coefficient (Wildman–Crippen LogP) is 4.04. The van der Waals surface area contributed by atoms with Crippen LogP contribution in [0, 0.1) is 5.92 Å². The summed E-state index contributed by atoms with van der Waals surface area (Å²) in [6.45, 7) is 4.46. The van der Waals surface area contributed by atoms with Gasteiger partial charge in [0.25, 0.3) is 0 Å². The maximum absolute atomic E-state index is 11.8. The Bertz CT molecular complexity index is 545. The second kappa shape index (κ2) is 4.92. The van der Waals surface area contributed by atoms with Crippen molar-refractivity contribution in [2.45, 2.75) is 13.8 Å². The van der Waals surface area contributed by atoms with E-state index in [1.54, 1.807) is 6.20 Å². The molecule has 0 aliphatic heterocycles. The molecular weight excluding hydrogens is 282 g/mol. The van der Waals surface area contributed by atoms with Gasteiger partial charge in [0.15, 0.2) is 0 Å². The van der Waals surface area contributed by atoms with Gasteiger partial charge in [0.2, 0.25) is 0 Å². The van der Waals surface area contributed by atoms with Gasteiger partial charge in [0.1, 0.15) is 0 Å². The van der Waals surface area contributed by atoms with Gasteiger partial charge in [-0.3, -0.25) is 4.57 Å². The molecule has 0 amide bonds. The molecule has 2 rings (SSSR count). The number of fused-ring (bicyclic) bond motifs is 1. The van der Waals surface area contributed by atoms with E-state index in [0.717, 1.165) is 15.4 Å². The summed E-state index contributed by atoms with van der Waals surface area (Å²) in [6, 6.07) is 7.68.